The quantitative estimate of drug-likeness (QED) is 0.793. The molecule has 3 rings (SSSR count). The lowest BCUT2D eigenvalue weighted by molar-refractivity contribution is 0.196. The molecule has 1 aliphatic rings. The molecule has 1 aromatic carbocycles. The molecule has 0 atom stereocenters. The Morgan fingerprint density at radius 2 is 1.86 bits per heavy atom. The molecule has 28 heavy (non-hydrogen) atoms. The van der Waals surface area contributed by atoms with Crippen molar-refractivity contribution in [1.82, 2.24) is 15.3 Å². The molecule has 1 amide bonds. The molecule has 7 heteroatoms. The van der Waals surface area contributed by atoms with Gasteiger partial charge in [-0.15, -0.1) is 0 Å². The van der Waals surface area contributed by atoms with Crippen LogP contribution in [0.25, 0.3) is 0 Å². The number of hydrogen-bond acceptors (Lipinski definition) is 6. The summed E-state index contributed by atoms with van der Waals surface area (Å²) in [5.41, 5.74) is 1.14. The van der Waals surface area contributed by atoms with Gasteiger partial charge in [-0.1, -0.05) is 17.7 Å². The number of benzene rings is 1. The van der Waals surface area contributed by atoms with Gasteiger partial charge in [-0.2, -0.15) is 4.98 Å². The number of aromatic nitrogens is 2. The van der Waals surface area contributed by atoms with Gasteiger partial charge >= 0.3 is 6.09 Å². The van der Waals surface area contributed by atoms with Gasteiger partial charge in [-0.3, -0.25) is 0 Å². The highest BCUT2D eigenvalue weighted by atomic mass is 16.6. The van der Waals surface area contributed by atoms with Crippen molar-refractivity contribution in [3.63, 3.8) is 0 Å². The number of amides is 1. The molecule has 1 fully saturated rings. The third-order valence-corrected chi connectivity index (χ3v) is 5.05. The number of carbonyl (C=O) groups excluding carboxylic acids is 1. The van der Waals surface area contributed by atoms with E-state index < -0.39 is 6.09 Å². The van der Waals surface area contributed by atoms with E-state index >= 15 is 0 Å². The summed E-state index contributed by atoms with van der Waals surface area (Å²) in [6.45, 7) is 2.64. The van der Waals surface area contributed by atoms with Gasteiger partial charge in [-0.05, 0) is 56.7 Å². The van der Waals surface area contributed by atoms with Crippen LogP contribution in [-0.4, -0.2) is 42.7 Å². The van der Waals surface area contributed by atoms with Crippen LogP contribution in [0.4, 0.5) is 16.6 Å². The third-order valence-electron chi connectivity index (χ3n) is 5.05. The minimum absolute atomic E-state index is 0.369. The Labute approximate surface area is 166 Å². The van der Waals surface area contributed by atoms with Gasteiger partial charge < -0.3 is 20.3 Å². The van der Waals surface area contributed by atoms with E-state index in [9.17, 15) is 4.79 Å². The third kappa shape index (κ3) is 5.84. The molecule has 2 aromatic rings. The van der Waals surface area contributed by atoms with E-state index in [2.05, 4.69) is 20.6 Å². The zero-order valence-corrected chi connectivity index (χ0v) is 16.8. The second kappa shape index (κ2) is 9.39. The van der Waals surface area contributed by atoms with Gasteiger partial charge in [-0.25, -0.2) is 9.78 Å². The van der Waals surface area contributed by atoms with Crippen LogP contribution in [0.3, 0.4) is 0 Å². The first-order chi connectivity index (χ1) is 13.5. The molecular formula is C21H29N5O2. The molecule has 1 aromatic heterocycles. The van der Waals surface area contributed by atoms with Gasteiger partial charge in [0, 0.05) is 32.9 Å². The van der Waals surface area contributed by atoms with E-state index in [1.165, 1.54) is 0 Å². The Kier molecular flexibility index (Phi) is 6.68. The van der Waals surface area contributed by atoms with E-state index in [1.54, 1.807) is 18.3 Å². The molecule has 0 radical (unpaired) electrons. The molecule has 7 nitrogen and oxygen atoms in total. The maximum atomic E-state index is 12.0. The number of aryl methyl sites for hydroxylation is 1. The summed E-state index contributed by atoms with van der Waals surface area (Å²) < 4.78 is 5.31. The first kappa shape index (κ1) is 19.9. The number of nitrogens with one attached hydrogen (secondary N) is 2. The predicted molar refractivity (Wildman–Crippen MR) is 111 cm³/mol. The number of hydrogen-bond donors (Lipinski definition) is 2. The number of anilines is 2. The summed E-state index contributed by atoms with van der Waals surface area (Å²) in [6, 6.07) is 9.72. The summed E-state index contributed by atoms with van der Waals surface area (Å²) in [5, 5.41) is 6.33. The molecular weight excluding hydrogens is 354 g/mol. The molecule has 0 unspecified atom stereocenters. The summed E-state index contributed by atoms with van der Waals surface area (Å²) in [6.07, 6.45) is 5.56. The highest BCUT2D eigenvalue weighted by Crippen LogP contribution is 2.26. The van der Waals surface area contributed by atoms with Crippen molar-refractivity contribution < 1.29 is 9.53 Å². The van der Waals surface area contributed by atoms with E-state index in [1.807, 2.05) is 44.1 Å². The van der Waals surface area contributed by atoms with Crippen molar-refractivity contribution >= 4 is 17.9 Å². The Balaban J connectivity index is 1.38. The zero-order valence-electron chi connectivity index (χ0n) is 16.8. The first-order valence-electron chi connectivity index (χ1n) is 9.79. The highest BCUT2D eigenvalue weighted by Gasteiger charge is 2.22. The average molecular weight is 383 g/mol. The smallest absolute Gasteiger partial charge is 0.410 e. The van der Waals surface area contributed by atoms with Crippen molar-refractivity contribution in [2.75, 3.05) is 30.9 Å². The van der Waals surface area contributed by atoms with Crippen LogP contribution >= 0.6 is 0 Å². The number of ether oxygens (including phenoxy) is 1. The van der Waals surface area contributed by atoms with Gasteiger partial charge in [0.2, 0.25) is 5.95 Å². The van der Waals surface area contributed by atoms with Crippen molar-refractivity contribution in [2.24, 2.45) is 5.92 Å². The Bertz CT molecular complexity index is 771. The van der Waals surface area contributed by atoms with Crippen LogP contribution in [0.1, 0.15) is 31.2 Å². The lowest BCUT2D eigenvalue weighted by Crippen LogP contribution is -2.35. The molecule has 0 aliphatic heterocycles. The second-order valence-corrected chi connectivity index (χ2v) is 7.58. The molecule has 1 heterocycles. The molecule has 0 saturated heterocycles. The van der Waals surface area contributed by atoms with Crippen molar-refractivity contribution in [1.29, 1.82) is 0 Å². The minimum atomic E-state index is -0.391. The summed E-state index contributed by atoms with van der Waals surface area (Å²) >= 11 is 0. The lowest BCUT2D eigenvalue weighted by atomic mass is 9.86. The van der Waals surface area contributed by atoms with Crippen LogP contribution in [-0.2, 0) is 0 Å². The van der Waals surface area contributed by atoms with Gasteiger partial charge in [0.15, 0.2) is 0 Å². The fraction of sp³-hybridized carbons (Fsp3) is 0.476. The zero-order chi connectivity index (χ0) is 19.9. The Morgan fingerprint density at radius 1 is 1.14 bits per heavy atom. The van der Waals surface area contributed by atoms with Gasteiger partial charge in [0.25, 0.3) is 0 Å². The van der Waals surface area contributed by atoms with Gasteiger partial charge in [0.1, 0.15) is 11.6 Å². The summed E-state index contributed by atoms with van der Waals surface area (Å²) in [5.74, 6) is 2.60. The van der Waals surface area contributed by atoms with Crippen LogP contribution in [0.2, 0.25) is 0 Å². The van der Waals surface area contributed by atoms with Crippen LogP contribution in [0.5, 0.6) is 5.75 Å². The summed E-state index contributed by atoms with van der Waals surface area (Å²) in [7, 11) is 3.93. The van der Waals surface area contributed by atoms with Crippen molar-refractivity contribution in [3.8, 4) is 5.75 Å². The predicted octanol–water partition coefficient (Wildman–Crippen LogP) is 3.61. The molecule has 0 bridgehead atoms. The van der Waals surface area contributed by atoms with E-state index in [-0.39, 0.29) is 0 Å². The van der Waals surface area contributed by atoms with Crippen LogP contribution in [0.15, 0.2) is 36.5 Å². The van der Waals surface area contributed by atoms with Crippen LogP contribution in [0, 0.1) is 12.8 Å². The fourth-order valence-corrected chi connectivity index (χ4v) is 3.34. The Hall–Kier alpha value is -2.83. The normalized spacial score (nSPS) is 19.0. The number of rotatable bonds is 6. The van der Waals surface area contributed by atoms with Crippen molar-refractivity contribution in [2.45, 2.75) is 38.6 Å². The molecule has 0 spiro atoms. The second-order valence-electron chi connectivity index (χ2n) is 7.58. The maximum Gasteiger partial charge on any atom is 0.412 e. The van der Waals surface area contributed by atoms with Gasteiger partial charge in [0.05, 0.1) is 0 Å². The molecule has 1 saturated carbocycles. The largest absolute Gasteiger partial charge is 0.412 e. The van der Waals surface area contributed by atoms with Crippen LogP contribution < -0.4 is 20.3 Å². The summed E-state index contributed by atoms with van der Waals surface area (Å²) in [4.78, 5) is 22.8. The number of nitrogens with zero attached hydrogens (tertiary/aromatic N) is 3. The topological polar surface area (TPSA) is 79.4 Å². The standard InChI is InChI=1S/C21H29N5O2/c1-15-4-10-18(11-5-15)28-21(27)23-14-16-6-8-17(9-7-16)24-20-22-13-12-19(25-20)26(2)3/h4-5,10-13,16-17H,6-9,14H2,1-3H3,(H,23,27)(H,22,24,25). The molecule has 1 aliphatic carbocycles. The maximum absolute atomic E-state index is 12.0. The van der Waals surface area contributed by atoms with Crippen molar-refractivity contribution in [3.05, 3.63) is 42.1 Å². The first-order valence-corrected chi connectivity index (χ1v) is 9.79. The number of carbonyl (C=O) groups is 1. The fourth-order valence-electron chi connectivity index (χ4n) is 3.34. The SMILES string of the molecule is Cc1ccc(OC(=O)NCC2CCC(Nc3nccc(N(C)C)n3)CC2)cc1. The van der Waals surface area contributed by atoms with E-state index in [0.717, 1.165) is 37.1 Å². The monoisotopic (exact) mass is 383 g/mol. The average Bonchev–Trinajstić information content (AvgIpc) is 2.69. The van der Waals surface area contributed by atoms with E-state index in [0.29, 0.717) is 30.2 Å². The van der Waals surface area contributed by atoms with E-state index in [4.69, 9.17) is 4.74 Å². The molecule has 2 N–H and O–H groups in total. The minimum Gasteiger partial charge on any atom is -0.410 e. The Morgan fingerprint density at radius 3 is 2.54 bits per heavy atom. The highest BCUT2D eigenvalue weighted by molar-refractivity contribution is 5.70. The lowest BCUT2D eigenvalue weighted by Gasteiger charge is -2.29. The molecule has 150 valence electrons.